The van der Waals surface area contributed by atoms with Gasteiger partial charge < -0.3 is 0 Å². The molecule has 0 N–H and O–H groups in total. The zero-order chi connectivity index (χ0) is 9.80. The molecule has 2 heteroatoms. The average molecular weight is 187 g/mol. The summed E-state index contributed by atoms with van der Waals surface area (Å²) >= 11 is 0. The fraction of sp³-hybridized carbons (Fsp3) is 0.333. The second-order valence-corrected chi connectivity index (χ2v) is 3.68. The van der Waals surface area contributed by atoms with Crippen molar-refractivity contribution in [2.45, 2.75) is 18.8 Å². The molecule has 2 rings (SSSR count). The molecule has 0 unspecified atom stereocenters. The minimum absolute atomic E-state index is 0.610. The predicted molar refractivity (Wildman–Crippen MR) is 57.6 cm³/mol. The molecule has 0 amide bonds. The lowest BCUT2D eigenvalue weighted by Gasteiger charge is -2.09. The first-order valence-corrected chi connectivity index (χ1v) is 4.98. The lowest BCUT2D eigenvalue weighted by Crippen LogP contribution is -2.01. The first-order chi connectivity index (χ1) is 6.86. The van der Waals surface area contributed by atoms with E-state index in [1.807, 2.05) is 12.4 Å². The van der Waals surface area contributed by atoms with E-state index < -0.39 is 0 Å². The van der Waals surface area contributed by atoms with Gasteiger partial charge in [-0.25, -0.2) is 4.58 Å². The third-order valence-corrected chi connectivity index (χ3v) is 2.62. The van der Waals surface area contributed by atoms with Crippen LogP contribution in [0.4, 0.5) is 0 Å². The third-order valence-electron chi connectivity index (χ3n) is 2.62. The van der Waals surface area contributed by atoms with Crippen molar-refractivity contribution in [3.8, 4) is 0 Å². The van der Waals surface area contributed by atoms with Gasteiger partial charge in [-0.3, -0.25) is 4.98 Å². The summed E-state index contributed by atoms with van der Waals surface area (Å²) in [7, 11) is 2.07. The molecule has 0 saturated carbocycles. The van der Waals surface area contributed by atoms with Crippen LogP contribution in [0.5, 0.6) is 0 Å². The van der Waals surface area contributed by atoms with Crippen LogP contribution < -0.4 is 0 Å². The summed E-state index contributed by atoms with van der Waals surface area (Å²) < 4.78 is 2.13. The molecule has 2 heterocycles. The molecular weight excluding hydrogens is 172 g/mol. The Hall–Kier alpha value is -1.44. The van der Waals surface area contributed by atoms with Gasteiger partial charge in [-0.05, 0) is 36.1 Å². The van der Waals surface area contributed by atoms with Crippen LogP contribution in [0.3, 0.4) is 0 Å². The minimum Gasteiger partial charge on any atom is -0.265 e. The third kappa shape index (κ3) is 2.08. The Morgan fingerprint density at radius 2 is 2.07 bits per heavy atom. The second-order valence-electron chi connectivity index (χ2n) is 3.68. The summed E-state index contributed by atoms with van der Waals surface area (Å²) in [6, 6.07) is 4.22. The van der Waals surface area contributed by atoms with Crippen LogP contribution in [-0.4, -0.2) is 22.8 Å². The van der Waals surface area contributed by atoms with E-state index in [0.717, 1.165) is 12.8 Å². The van der Waals surface area contributed by atoms with Crippen LogP contribution in [-0.2, 0) is 0 Å². The monoisotopic (exact) mass is 187 g/mol. The van der Waals surface area contributed by atoms with Gasteiger partial charge in [0, 0.05) is 18.8 Å². The maximum Gasteiger partial charge on any atom is 0.164 e. The molecule has 0 radical (unpaired) electrons. The van der Waals surface area contributed by atoms with Gasteiger partial charge in [0.1, 0.15) is 13.3 Å². The molecule has 0 aromatic carbocycles. The highest BCUT2D eigenvalue weighted by Crippen LogP contribution is 2.23. The molecule has 1 aliphatic rings. The van der Waals surface area contributed by atoms with Gasteiger partial charge >= 0.3 is 0 Å². The molecule has 0 saturated heterocycles. The van der Waals surface area contributed by atoms with Crippen molar-refractivity contribution in [2.75, 3.05) is 7.05 Å². The summed E-state index contributed by atoms with van der Waals surface area (Å²) in [6.45, 7) is 0. The summed E-state index contributed by atoms with van der Waals surface area (Å²) in [5, 5.41) is 0. The summed E-state index contributed by atoms with van der Waals surface area (Å²) in [4.78, 5) is 4.04. The van der Waals surface area contributed by atoms with Crippen molar-refractivity contribution in [1.82, 2.24) is 4.98 Å². The molecule has 0 fully saturated rings. The van der Waals surface area contributed by atoms with Gasteiger partial charge in [0.25, 0.3) is 0 Å². The normalized spacial score (nSPS) is 21.5. The summed E-state index contributed by atoms with van der Waals surface area (Å²) in [5.41, 5.74) is 1.39. The number of hydrogen-bond donors (Lipinski definition) is 0. The van der Waals surface area contributed by atoms with Gasteiger partial charge in [0.15, 0.2) is 6.20 Å². The van der Waals surface area contributed by atoms with Crippen LogP contribution >= 0.6 is 0 Å². The quantitative estimate of drug-likeness (QED) is 0.615. The predicted octanol–water partition coefficient (Wildman–Crippen LogP) is 2.19. The Kier molecular flexibility index (Phi) is 2.73. The lowest BCUT2D eigenvalue weighted by atomic mass is 9.94. The van der Waals surface area contributed by atoms with E-state index in [4.69, 9.17) is 0 Å². The van der Waals surface area contributed by atoms with Gasteiger partial charge in [-0.1, -0.05) is 0 Å². The van der Waals surface area contributed by atoms with Crippen LogP contribution in [0, 0.1) is 0 Å². The van der Waals surface area contributed by atoms with Gasteiger partial charge in [0.05, 0.1) is 0 Å². The zero-order valence-corrected chi connectivity index (χ0v) is 8.43. The smallest absolute Gasteiger partial charge is 0.164 e. The fourth-order valence-electron chi connectivity index (χ4n) is 1.75. The van der Waals surface area contributed by atoms with Crippen LogP contribution in [0.1, 0.15) is 24.3 Å². The van der Waals surface area contributed by atoms with E-state index in [1.165, 1.54) is 5.56 Å². The van der Waals surface area contributed by atoms with Gasteiger partial charge in [-0.15, -0.1) is 0 Å². The number of aromatic nitrogens is 1. The van der Waals surface area contributed by atoms with E-state index in [9.17, 15) is 0 Å². The molecule has 0 aliphatic carbocycles. The van der Waals surface area contributed by atoms with E-state index in [0.29, 0.717) is 5.92 Å². The Morgan fingerprint density at radius 1 is 1.29 bits per heavy atom. The Balaban J connectivity index is 2.17. The number of nitrogens with zero attached hydrogens (tertiary/aromatic N) is 2. The Bertz CT molecular complexity index is 352. The zero-order valence-electron chi connectivity index (χ0n) is 8.43. The molecule has 0 spiro atoms. The van der Waals surface area contributed by atoms with E-state index in [-0.39, 0.29) is 0 Å². The molecule has 2 nitrogen and oxygen atoms in total. The first-order valence-electron chi connectivity index (χ1n) is 4.98. The molecule has 1 aliphatic heterocycles. The fourth-order valence-corrected chi connectivity index (χ4v) is 1.75. The highest BCUT2D eigenvalue weighted by atomic mass is 14.9. The van der Waals surface area contributed by atoms with E-state index >= 15 is 0 Å². The van der Waals surface area contributed by atoms with Crippen molar-refractivity contribution in [1.29, 1.82) is 0 Å². The van der Waals surface area contributed by atoms with Crippen LogP contribution in [0.25, 0.3) is 0 Å². The number of rotatable bonds is 1. The van der Waals surface area contributed by atoms with Crippen molar-refractivity contribution >= 4 is 6.21 Å². The molecule has 72 valence electrons. The van der Waals surface area contributed by atoms with Crippen LogP contribution in [0.15, 0.2) is 36.8 Å². The van der Waals surface area contributed by atoms with E-state index in [1.54, 1.807) is 0 Å². The first kappa shape index (κ1) is 9.13. The Morgan fingerprint density at radius 3 is 2.86 bits per heavy atom. The maximum atomic E-state index is 4.04. The standard InChI is InChI=1S/C12H15N2/c1-14-9-2-3-11(6-10-14)12-4-7-13-8-5-12/h2,4-5,7-11H,3,6H2,1H3/q+1/t11-/m1/s1. The average Bonchev–Trinajstić information content (AvgIpc) is 2.44. The van der Waals surface area contributed by atoms with E-state index in [2.05, 4.69) is 47.2 Å². The number of pyridine rings is 1. The summed E-state index contributed by atoms with van der Waals surface area (Å²) in [5.74, 6) is 0.610. The molecule has 0 bridgehead atoms. The molecule has 14 heavy (non-hydrogen) atoms. The molecule has 1 aromatic rings. The number of hydrogen-bond acceptors (Lipinski definition) is 1. The van der Waals surface area contributed by atoms with Crippen molar-refractivity contribution in [3.05, 3.63) is 42.4 Å². The number of allylic oxidation sites excluding steroid dienone is 1. The second kappa shape index (κ2) is 4.18. The topological polar surface area (TPSA) is 15.9 Å². The maximum absolute atomic E-state index is 4.04. The van der Waals surface area contributed by atoms with Gasteiger partial charge in [-0.2, -0.15) is 0 Å². The molecular formula is C12H15N2+. The summed E-state index contributed by atoms with van der Waals surface area (Å²) in [6.07, 6.45) is 12.5. The molecule has 1 aromatic heterocycles. The highest BCUT2D eigenvalue weighted by Gasteiger charge is 2.12. The van der Waals surface area contributed by atoms with Crippen molar-refractivity contribution in [3.63, 3.8) is 0 Å². The lowest BCUT2D eigenvalue weighted by molar-refractivity contribution is -0.417. The van der Waals surface area contributed by atoms with Crippen molar-refractivity contribution in [2.24, 2.45) is 0 Å². The Labute approximate surface area is 84.6 Å². The van der Waals surface area contributed by atoms with Crippen LogP contribution in [0.2, 0.25) is 0 Å². The highest BCUT2D eigenvalue weighted by molar-refractivity contribution is 5.54. The SMILES string of the molecule is C[N+]1=CC[C@H](c2ccncc2)CC=C1. The molecule has 1 atom stereocenters. The minimum atomic E-state index is 0.610. The van der Waals surface area contributed by atoms with Crippen molar-refractivity contribution < 1.29 is 4.58 Å². The van der Waals surface area contributed by atoms with Gasteiger partial charge in [0.2, 0.25) is 0 Å². The largest absolute Gasteiger partial charge is 0.265 e.